The maximum absolute atomic E-state index is 11.7. The minimum atomic E-state index is -0.585. The molecule has 1 unspecified atom stereocenters. The Kier molecular flexibility index (Phi) is 5.49. The lowest BCUT2D eigenvalue weighted by molar-refractivity contribution is -0.160. The van der Waals surface area contributed by atoms with Crippen LogP contribution in [0.25, 0.3) is 0 Å². The van der Waals surface area contributed by atoms with Crippen LogP contribution in [0.15, 0.2) is 0 Å². The third kappa shape index (κ3) is 5.33. The zero-order valence-corrected chi connectivity index (χ0v) is 10.1. The van der Waals surface area contributed by atoms with Crippen molar-refractivity contribution in [2.45, 2.75) is 39.3 Å². The van der Waals surface area contributed by atoms with Crippen LogP contribution >= 0.6 is 0 Å². The molecule has 0 saturated carbocycles. The summed E-state index contributed by atoms with van der Waals surface area (Å²) in [6, 6.07) is 3.25. The number of esters is 1. The highest BCUT2D eigenvalue weighted by atomic mass is 16.6. The standard InChI is InChI=1S/C11H17N3O2/c1-9(10(15)16-11(2,3)4)14(7-5-12)8-6-13/h9H,7-8H2,1-4H3. The number of rotatable bonds is 4. The molecule has 0 N–H and O–H groups in total. The van der Waals surface area contributed by atoms with E-state index in [1.54, 1.807) is 27.7 Å². The van der Waals surface area contributed by atoms with Crippen molar-refractivity contribution in [2.75, 3.05) is 13.1 Å². The van der Waals surface area contributed by atoms with Gasteiger partial charge in [-0.25, -0.2) is 0 Å². The highest BCUT2D eigenvalue weighted by Gasteiger charge is 2.26. The van der Waals surface area contributed by atoms with Gasteiger partial charge in [0.1, 0.15) is 11.6 Å². The van der Waals surface area contributed by atoms with Gasteiger partial charge in [0.2, 0.25) is 0 Å². The highest BCUT2D eigenvalue weighted by Crippen LogP contribution is 2.10. The number of carbonyl (C=O) groups excluding carboxylic acids is 1. The van der Waals surface area contributed by atoms with Gasteiger partial charge in [-0.15, -0.1) is 0 Å². The van der Waals surface area contributed by atoms with Crippen molar-refractivity contribution in [2.24, 2.45) is 0 Å². The fourth-order valence-electron chi connectivity index (χ4n) is 1.05. The molecule has 0 heterocycles. The molecule has 0 aliphatic carbocycles. The number of ether oxygens (including phenoxy) is 1. The molecule has 0 aromatic rings. The first-order chi connectivity index (χ1) is 7.31. The molecule has 5 heteroatoms. The Morgan fingerprint density at radius 3 is 2.06 bits per heavy atom. The van der Waals surface area contributed by atoms with Gasteiger partial charge in [-0.2, -0.15) is 10.5 Å². The number of nitriles is 2. The van der Waals surface area contributed by atoms with Gasteiger partial charge in [-0.1, -0.05) is 0 Å². The Balaban J connectivity index is 4.51. The lowest BCUT2D eigenvalue weighted by Crippen LogP contribution is -2.43. The van der Waals surface area contributed by atoms with Gasteiger partial charge >= 0.3 is 5.97 Å². The molecule has 0 spiro atoms. The fourth-order valence-corrected chi connectivity index (χ4v) is 1.05. The van der Waals surface area contributed by atoms with E-state index in [4.69, 9.17) is 15.3 Å². The van der Waals surface area contributed by atoms with Gasteiger partial charge in [-0.3, -0.25) is 9.69 Å². The van der Waals surface area contributed by atoms with E-state index in [-0.39, 0.29) is 13.1 Å². The third-order valence-corrected chi connectivity index (χ3v) is 1.84. The van der Waals surface area contributed by atoms with Crippen LogP contribution in [0.2, 0.25) is 0 Å². The maximum Gasteiger partial charge on any atom is 0.323 e. The predicted molar refractivity (Wildman–Crippen MR) is 58.1 cm³/mol. The topological polar surface area (TPSA) is 77.1 Å². The first kappa shape index (κ1) is 14.4. The summed E-state index contributed by atoms with van der Waals surface area (Å²) in [6.45, 7) is 7.02. The molecule has 0 aliphatic heterocycles. The molecule has 0 aromatic heterocycles. The molecule has 0 amide bonds. The summed E-state index contributed by atoms with van der Waals surface area (Å²) in [5.41, 5.74) is -0.559. The van der Waals surface area contributed by atoms with Crippen LogP contribution in [0.4, 0.5) is 0 Å². The average molecular weight is 223 g/mol. The zero-order valence-electron chi connectivity index (χ0n) is 10.1. The smallest absolute Gasteiger partial charge is 0.323 e. The lowest BCUT2D eigenvalue weighted by Gasteiger charge is -2.27. The monoisotopic (exact) mass is 223 g/mol. The van der Waals surface area contributed by atoms with Crippen LogP contribution in [-0.2, 0) is 9.53 Å². The lowest BCUT2D eigenvalue weighted by atomic mass is 10.2. The van der Waals surface area contributed by atoms with Crippen LogP contribution in [0.3, 0.4) is 0 Å². The van der Waals surface area contributed by atoms with Gasteiger partial charge in [-0.05, 0) is 27.7 Å². The minimum absolute atomic E-state index is 0.0357. The summed E-state index contributed by atoms with van der Waals surface area (Å²) in [4.78, 5) is 13.1. The van der Waals surface area contributed by atoms with Gasteiger partial charge < -0.3 is 4.74 Å². The van der Waals surface area contributed by atoms with Crippen LogP contribution in [0, 0.1) is 22.7 Å². The van der Waals surface area contributed by atoms with E-state index in [0.717, 1.165) is 0 Å². The van der Waals surface area contributed by atoms with Crippen molar-refractivity contribution in [1.29, 1.82) is 10.5 Å². The molecule has 0 rings (SSSR count). The molecule has 88 valence electrons. The van der Waals surface area contributed by atoms with E-state index in [1.807, 2.05) is 12.1 Å². The molecule has 1 atom stereocenters. The molecule has 0 bridgehead atoms. The maximum atomic E-state index is 11.7. The quantitative estimate of drug-likeness (QED) is 0.526. The second kappa shape index (κ2) is 6.09. The first-order valence-electron chi connectivity index (χ1n) is 5.02. The van der Waals surface area contributed by atoms with Crippen molar-refractivity contribution in [3.05, 3.63) is 0 Å². The summed E-state index contributed by atoms with van der Waals surface area (Å²) in [6.07, 6.45) is 0. The van der Waals surface area contributed by atoms with Crippen molar-refractivity contribution >= 4 is 5.97 Å². The minimum Gasteiger partial charge on any atom is -0.459 e. The molecular formula is C11H17N3O2. The Bertz CT molecular complexity index is 304. The van der Waals surface area contributed by atoms with Crippen molar-refractivity contribution in [3.63, 3.8) is 0 Å². The molecule has 0 radical (unpaired) electrons. The van der Waals surface area contributed by atoms with Crippen LogP contribution < -0.4 is 0 Å². The van der Waals surface area contributed by atoms with Crippen LogP contribution in [0.5, 0.6) is 0 Å². The third-order valence-electron chi connectivity index (χ3n) is 1.84. The predicted octanol–water partition coefficient (Wildman–Crippen LogP) is 1.07. The van der Waals surface area contributed by atoms with E-state index in [9.17, 15) is 4.79 Å². The zero-order chi connectivity index (χ0) is 12.8. The number of carbonyl (C=O) groups is 1. The number of hydrogen-bond donors (Lipinski definition) is 0. The second-order valence-electron chi connectivity index (χ2n) is 4.43. The molecule has 0 saturated heterocycles. The Labute approximate surface area is 96.2 Å². The van der Waals surface area contributed by atoms with Crippen LogP contribution in [0.1, 0.15) is 27.7 Å². The molecule has 0 aromatic carbocycles. The summed E-state index contributed by atoms with van der Waals surface area (Å²) in [5, 5.41) is 17.1. The first-order valence-corrected chi connectivity index (χ1v) is 5.02. The van der Waals surface area contributed by atoms with E-state index in [2.05, 4.69) is 0 Å². The largest absolute Gasteiger partial charge is 0.459 e. The molecular weight excluding hydrogens is 206 g/mol. The fraction of sp³-hybridized carbons (Fsp3) is 0.727. The molecule has 0 aliphatic rings. The summed E-state index contributed by atoms with van der Waals surface area (Å²) < 4.78 is 5.17. The molecule has 0 fully saturated rings. The number of nitrogens with zero attached hydrogens (tertiary/aromatic N) is 3. The summed E-state index contributed by atoms with van der Waals surface area (Å²) >= 11 is 0. The number of hydrogen-bond acceptors (Lipinski definition) is 5. The van der Waals surface area contributed by atoms with Gasteiger partial charge in [0.05, 0.1) is 25.2 Å². The van der Waals surface area contributed by atoms with E-state index in [0.29, 0.717) is 0 Å². The summed E-state index contributed by atoms with van der Waals surface area (Å²) in [7, 11) is 0. The Morgan fingerprint density at radius 1 is 1.31 bits per heavy atom. The van der Waals surface area contributed by atoms with Gasteiger partial charge in [0, 0.05) is 0 Å². The normalized spacial score (nSPS) is 12.7. The Hall–Kier alpha value is -1.59. The molecule has 16 heavy (non-hydrogen) atoms. The second-order valence-corrected chi connectivity index (χ2v) is 4.43. The van der Waals surface area contributed by atoms with E-state index in [1.165, 1.54) is 4.90 Å². The molecule has 5 nitrogen and oxygen atoms in total. The van der Waals surface area contributed by atoms with Gasteiger partial charge in [0.25, 0.3) is 0 Å². The van der Waals surface area contributed by atoms with E-state index >= 15 is 0 Å². The van der Waals surface area contributed by atoms with Crippen molar-refractivity contribution in [3.8, 4) is 12.1 Å². The van der Waals surface area contributed by atoms with Crippen LogP contribution in [-0.4, -0.2) is 35.6 Å². The highest BCUT2D eigenvalue weighted by molar-refractivity contribution is 5.75. The van der Waals surface area contributed by atoms with E-state index < -0.39 is 17.6 Å². The average Bonchev–Trinajstić information content (AvgIpc) is 2.13. The summed E-state index contributed by atoms with van der Waals surface area (Å²) in [5.74, 6) is -0.419. The van der Waals surface area contributed by atoms with Crippen molar-refractivity contribution < 1.29 is 9.53 Å². The SMILES string of the molecule is CC(C(=O)OC(C)(C)C)N(CC#N)CC#N. The van der Waals surface area contributed by atoms with Crippen molar-refractivity contribution in [1.82, 2.24) is 4.90 Å². The Morgan fingerprint density at radius 2 is 1.75 bits per heavy atom. The van der Waals surface area contributed by atoms with Gasteiger partial charge in [0.15, 0.2) is 0 Å².